The summed E-state index contributed by atoms with van der Waals surface area (Å²) >= 11 is 0.855. The number of ketones is 1. The van der Waals surface area contributed by atoms with E-state index in [0.29, 0.717) is 17.5 Å². The normalized spacial score (nSPS) is 12.6. The fourth-order valence-corrected chi connectivity index (χ4v) is 12.9. The summed E-state index contributed by atoms with van der Waals surface area (Å²) in [6.45, 7) is 14.6. The van der Waals surface area contributed by atoms with Crippen LogP contribution in [0.1, 0.15) is 229 Å². The molecule has 0 bridgehead atoms. The molecule has 0 saturated heterocycles. The van der Waals surface area contributed by atoms with Crippen LogP contribution in [-0.4, -0.2) is 125 Å². The largest absolute Gasteiger partial charge is 0.459 e. The summed E-state index contributed by atoms with van der Waals surface area (Å²) in [5.74, 6) is -5.99. The Kier molecular flexibility index (Phi) is 39.0. The number of thioether (sulfide) groups is 1. The lowest BCUT2D eigenvalue weighted by Crippen LogP contribution is -2.57. The van der Waals surface area contributed by atoms with Gasteiger partial charge in [-0.2, -0.15) is 0 Å². The van der Waals surface area contributed by atoms with Crippen molar-refractivity contribution in [2.45, 2.75) is 245 Å². The highest BCUT2D eigenvalue weighted by atomic mass is 32.2. The van der Waals surface area contributed by atoms with Crippen LogP contribution in [0.2, 0.25) is 0 Å². The van der Waals surface area contributed by atoms with Crippen LogP contribution in [0.15, 0.2) is 146 Å². The Balaban J connectivity index is 1.34. The highest BCUT2D eigenvalue weighted by Gasteiger charge is 2.39. The van der Waals surface area contributed by atoms with Crippen LogP contribution in [-0.2, 0) is 71.1 Å². The number of carbonyl (C=O) groups is 11. The summed E-state index contributed by atoms with van der Waals surface area (Å²) in [6.07, 6.45) is 13.4. The molecule has 0 saturated carbocycles. The first-order valence-electron chi connectivity index (χ1n) is 38.0. The van der Waals surface area contributed by atoms with Crippen molar-refractivity contribution in [3.05, 3.63) is 179 Å². The molecule has 0 fully saturated rings. The molecule has 0 aliphatic carbocycles. The van der Waals surface area contributed by atoms with Crippen LogP contribution >= 0.6 is 11.8 Å². The van der Waals surface area contributed by atoms with E-state index in [4.69, 9.17) is 14.2 Å². The Labute approximate surface area is 637 Å². The van der Waals surface area contributed by atoms with E-state index < -0.39 is 108 Å². The number of unbranched alkanes of at least 4 members (excludes halogenated alkanes) is 13. The van der Waals surface area contributed by atoms with Crippen LogP contribution in [0.25, 0.3) is 0 Å². The minimum Gasteiger partial charge on any atom is -0.459 e. The molecule has 5 rings (SSSR count). The van der Waals surface area contributed by atoms with Gasteiger partial charge in [0.05, 0.1) is 6.54 Å². The van der Waals surface area contributed by atoms with Crippen LogP contribution in [0, 0.1) is 5.92 Å². The summed E-state index contributed by atoms with van der Waals surface area (Å²) in [5, 5.41) is 21.6. The quantitative estimate of drug-likeness (QED) is 0.00590. The third-order valence-corrected chi connectivity index (χ3v) is 18.5. The molecule has 0 heterocycles. The first kappa shape index (κ1) is 88.2. The SMILES string of the molecule is CCCCCCCCCCCCCCCC(=O)SC[C@H](NC(=O)[C@H](CC(C)C)NC(=O)OCc1ccc(C(=O)Cc2ccccc2)cc1)C(=O)NCC(=O)N[C@@H](CCCCNC(=O)OC(C)(C)C)C(=O)N[C@@H](CCC(=O)NC(c1ccccc1)(c1ccccc1)c1ccccc1)C(=O)NCC(=O)OC(C)(C)C. The summed E-state index contributed by atoms with van der Waals surface area (Å²) < 4.78 is 16.4. The van der Waals surface area contributed by atoms with Gasteiger partial charge in [-0.15, -0.1) is 0 Å². The predicted molar refractivity (Wildman–Crippen MR) is 418 cm³/mol. The first-order chi connectivity index (χ1) is 51.1. The number of hydrogen-bond acceptors (Lipinski definition) is 15. The highest BCUT2D eigenvalue weighted by Crippen LogP contribution is 2.37. The number of amides is 8. The molecule has 8 amide bonds. The van der Waals surface area contributed by atoms with Crippen LogP contribution in [0.3, 0.4) is 0 Å². The highest BCUT2D eigenvalue weighted by molar-refractivity contribution is 8.13. The van der Waals surface area contributed by atoms with Crippen molar-refractivity contribution in [3.8, 4) is 0 Å². The van der Waals surface area contributed by atoms with Gasteiger partial charge in [0.1, 0.15) is 54.1 Å². The van der Waals surface area contributed by atoms with Gasteiger partial charge < -0.3 is 56.7 Å². The van der Waals surface area contributed by atoms with Crippen LogP contribution in [0.5, 0.6) is 0 Å². The molecule has 0 aromatic heterocycles. The summed E-state index contributed by atoms with van der Waals surface area (Å²) in [4.78, 5) is 152. The van der Waals surface area contributed by atoms with E-state index >= 15 is 0 Å². The molecule has 4 atom stereocenters. The molecule has 22 nitrogen and oxygen atoms in total. The molecule has 0 spiro atoms. The Morgan fingerprint density at radius 1 is 0.430 bits per heavy atom. The number of Topliss-reactive ketones (excluding diaryl/α,β-unsaturated/α-hetero) is 1. The zero-order valence-corrected chi connectivity index (χ0v) is 65.1. The number of alkyl carbamates (subject to hydrolysis) is 2. The molecule has 582 valence electrons. The smallest absolute Gasteiger partial charge is 0.408 e. The van der Waals surface area contributed by atoms with E-state index in [9.17, 15) is 52.7 Å². The van der Waals surface area contributed by atoms with E-state index in [-0.39, 0.29) is 87.1 Å². The molecule has 0 unspecified atom stereocenters. The summed E-state index contributed by atoms with van der Waals surface area (Å²) in [7, 11) is 0. The Morgan fingerprint density at radius 3 is 1.45 bits per heavy atom. The lowest BCUT2D eigenvalue weighted by Gasteiger charge is -2.37. The zero-order valence-electron chi connectivity index (χ0n) is 64.3. The average molecular weight is 1490 g/mol. The molecule has 0 aliphatic heterocycles. The van der Waals surface area contributed by atoms with Gasteiger partial charge in [0, 0.05) is 37.1 Å². The maximum absolute atomic E-state index is 14.8. The fourth-order valence-electron chi connectivity index (χ4n) is 12.0. The second kappa shape index (κ2) is 47.3. The second-order valence-electron chi connectivity index (χ2n) is 29.5. The van der Waals surface area contributed by atoms with Gasteiger partial charge in [0.25, 0.3) is 0 Å². The van der Waals surface area contributed by atoms with Gasteiger partial charge in [-0.3, -0.25) is 43.2 Å². The van der Waals surface area contributed by atoms with Crippen molar-refractivity contribution in [1.82, 2.24) is 42.5 Å². The van der Waals surface area contributed by atoms with Gasteiger partial charge in [0.15, 0.2) is 10.9 Å². The number of esters is 1. The monoisotopic (exact) mass is 1490 g/mol. The van der Waals surface area contributed by atoms with Crippen molar-refractivity contribution in [2.24, 2.45) is 5.92 Å². The van der Waals surface area contributed by atoms with E-state index in [1.54, 1.807) is 65.8 Å². The van der Waals surface area contributed by atoms with Crippen LogP contribution < -0.4 is 42.5 Å². The third-order valence-electron chi connectivity index (χ3n) is 17.4. The molecule has 5 aromatic carbocycles. The average Bonchev–Trinajstić information content (AvgIpc) is 0.755. The topological polar surface area (TPSA) is 312 Å². The van der Waals surface area contributed by atoms with E-state index in [1.165, 1.54) is 51.4 Å². The third kappa shape index (κ3) is 34.8. The van der Waals surface area contributed by atoms with Gasteiger partial charge >= 0.3 is 18.2 Å². The van der Waals surface area contributed by atoms with E-state index in [0.717, 1.165) is 59.7 Å². The fraction of sp³-hybridized carbons (Fsp3) is 0.512. The molecular weight excluding hydrogens is 1380 g/mol. The second-order valence-corrected chi connectivity index (χ2v) is 30.6. The standard InChI is InChI=1S/C84H116N8O14S/c1-10-11-12-13-14-15-16-17-18-19-20-21-34-46-75(97)107-59-70(90-79(101)69(54-60(2)3)91-81(103)104-58-62-47-49-63(50-48-62)71(93)55-61-37-26-22-27-38-61)77(99)86-56-73(95)88-67(45-35-36-53-85-80(102)106-83(7,8)9)78(100)89-68(76(98)87-57-74(96)105-82(4,5)6)51-52-72(94)92-84(64-39-28-23-29-40-64,65-41-30-24-31-42-65)66-43-32-25-33-44-66/h22-33,37-44,47-50,60,67-70H,10-21,34-36,45-46,51-59H2,1-9H3,(H,85,102)(H,86,99)(H,87,98)(H,88,95)(H,89,100)(H,90,101)(H,91,103)(H,92,94)/t67-,68-,69-,70-/m0/s1. The molecule has 0 aliphatic rings. The molecular formula is C84H116N8O14S. The van der Waals surface area contributed by atoms with Crippen LogP contribution in [0.4, 0.5) is 9.59 Å². The molecule has 0 radical (unpaired) electrons. The summed E-state index contributed by atoms with van der Waals surface area (Å²) in [5.41, 5.74) is 1.23. The maximum Gasteiger partial charge on any atom is 0.408 e. The van der Waals surface area contributed by atoms with Gasteiger partial charge in [-0.05, 0) is 114 Å². The van der Waals surface area contributed by atoms with E-state index in [2.05, 4.69) is 49.5 Å². The van der Waals surface area contributed by atoms with Gasteiger partial charge in [-0.25, -0.2) is 9.59 Å². The van der Waals surface area contributed by atoms with E-state index in [1.807, 2.05) is 135 Å². The molecule has 107 heavy (non-hydrogen) atoms. The number of rotatable bonds is 47. The number of hydrogen-bond donors (Lipinski definition) is 8. The Bertz CT molecular complexity index is 3470. The van der Waals surface area contributed by atoms with Crippen molar-refractivity contribution in [2.75, 3.05) is 25.4 Å². The molecule has 8 N–H and O–H groups in total. The minimum absolute atomic E-state index is 0.0756. The molecule has 23 heteroatoms. The Morgan fingerprint density at radius 2 is 0.916 bits per heavy atom. The number of carbonyl (C=O) groups excluding carboxylic acids is 11. The number of benzene rings is 5. The predicted octanol–water partition coefficient (Wildman–Crippen LogP) is 13.1. The van der Waals surface area contributed by atoms with Crippen molar-refractivity contribution >= 4 is 76.3 Å². The van der Waals surface area contributed by atoms with Crippen molar-refractivity contribution in [3.63, 3.8) is 0 Å². The Hall–Kier alpha value is -9.38. The lowest BCUT2D eigenvalue weighted by molar-refractivity contribution is -0.154. The van der Waals surface area contributed by atoms with Gasteiger partial charge in [-0.1, -0.05) is 255 Å². The zero-order chi connectivity index (χ0) is 78.0. The number of nitrogens with one attached hydrogen (secondary N) is 8. The maximum atomic E-state index is 14.8. The van der Waals surface area contributed by atoms with Gasteiger partial charge in [0.2, 0.25) is 35.4 Å². The summed E-state index contributed by atoms with van der Waals surface area (Å²) in [6, 6.07) is 38.6. The number of ether oxygens (including phenoxy) is 3. The van der Waals surface area contributed by atoms with Crippen molar-refractivity contribution in [1.29, 1.82) is 0 Å². The lowest BCUT2D eigenvalue weighted by atomic mass is 9.77. The minimum atomic E-state index is -1.49. The first-order valence-corrected chi connectivity index (χ1v) is 39.0. The van der Waals surface area contributed by atoms with Crippen molar-refractivity contribution < 1.29 is 67.0 Å². The molecule has 5 aromatic rings.